The second-order valence-electron chi connectivity index (χ2n) is 4.24. The maximum atomic E-state index is 5.50. The van der Waals surface area contributed by atoms with Gasteiger partial charge < -0.3 is 4.90 Å². The van der Waals surface area contributed by atoms with Crippen molar-refractivity contribution in [3.63, 3.8) is 0 Å². The van der Waals surface area contributed by atoms with Crippen LogP contribution >= 0.6 is 0 Å². The molecule has 0 heterocycles. The first kappa shape index (κ1) is 11.0. The number of hydrazine groups is 1. The van der Waals surface area contributed by atoms with Gasteiger partial charge in [-0.2, -0.15) is 0 Å². The molecule has 0 unspecified atom stereocenters. The maximum absolute atomic E-state index is 5.50. The number of nitrogens with two attached hydrogens (primary N) is 1. The van der Waals surface area contributed by atoms with Crippen molar-refractivity contribution in [3.05, 3.63) is 30.3 Å². The molecule has 1 saturated carbocycles. The topological polar surface area (TPSA) is 53.6 Å². The molecule has 3 N–H and O–H groups in total. The fraction of sp³-hybridized carbons (Fsp3) is 0.417. The molecule has 1 aliphatic rings. The van der Waals surface area contributed by atoms with Gasteiger partial charge in [-0.3, -0.25) is 5.43 Å². The van der Waals surface area contributed by atoms with Crippen LogP contribution < -0.4 is 11.3 Å². The smallest absolute Gasteiger partial charge is 0.213 e. The summed E-state index contributed by atoms with van der Waals surface area (Å²) in [6, 6.07) is 9.83. The molecule has 0 aliphatic heterocycles. The number of rotatable bonds is 3. The van der Waals surface area contributed by atoms with Crippen LogP contribution in [0.1, 0.15) is 12.8 Å². The molecule has 4 nitrogen and oxygen atoms in total. The Bertz CT molecular complexity index is 357. The minimum atomic E-state index is 0.720. The summed E-state index contributed by atoms with van der Waals surface area (Å²) in [7, 11) is 2.01. The molecule has 0 saturated heterocycles. The van der Waals surface area contributed by atoms with Crippen molar-refractivity contribution in [2.75, 3.05) is 13.6 Å². The first-order valence-corrected chi connectivity index (χ1v) is 5.61. The first-order valence-electron chi connectivity index (χ1n) is 5.61. The van der Waals surface area contributed by atoms with Crippen molar-refractivity contribution in [1.29, 1.82) is 0 Å². The number of hydrogen-bond acceptors (Lipinski definition) is 2. The highest BCUT2D eigenvalue weighted by atomic mass is 15.4. The first-order chi connectivity index (χ1) is 7.79. The predicted molar refractivity (Wildman–Crippen MR) is 66.2 cm³/mol. The molecule has 0 aromatic heterocycles. The zero-order valence-electron chi connectivity index (χ0n) is 9.56. The van der Waals surface area contributed by atoms with Crippen LogP contribution in [0.25, 0.3) is 0 Å². The van der Waals surface area contributed by atoms with Crippen LogP contribution in [0.3, 0.4) is 0 Å². The van der Waals surface area contributed by atoms with Crippen LogP contribution in [-0.4, -0.2) is 24.5 Å². The Morgan fingerprint density at radius 1 is 1.44 bits per heavy atom. The summed E-state index contributed by atoms with van der Waals surface area (Å²) in [5, 5.41) is 0. The Labute approximate surface area is 96.1 Å². The average Bonchev–Trinajstić information content (AvgIpc) is 3.11. The van der Waals surface area contributed by atoms with Gasteiger partial charge in [0.2, 0.25) is 5.96 Å². The summed E-state index contributed by atoms with van der Waals surface area (Å²) in [6.45, 7) is 1.02. The molecule has 86 valence electrons. The van der Waals surface area contributed by atoms with E-state index in [1.807, 2.05) is 37.4 Å². The van der Waals surface area contributed by atoms with E-state index in [1.54, 1.807) is 0 Å². The maximum Gasteiger partial charge on any atom is 0.213 e. The van der Waals surface area contributed by atoms with Crippen molar-refractivity contribution >= 4 is 11.6 Å². The minimum absolute atomic E-state index is 0.720. The van der Waals surface area contributed by atoms with E-state index in [-0.39, 0.29) is 0 Å². The second-order valence-corrected chi connectivity index (χ2v) is 4.24. The molecule has 0 amide bonds. The average molecular weight is 218 g/mol. The number of para-hydroxylation sites is 1. The van der Waals surface area contributed by atoms with E-state index in [1.165, 1.54) is 12.8 Å². The summed E-state index contributed by atoms with van der Waals surface area (Å²) in [5.41, 5.74) is 3.57. The summed E-state index contributed by atoms with van der Waals surface area (Å²) >= 11 is 0. The lowest BCUT2D eigenvalue weighted by Gasteiger charge is -2.20. The zero-order chi connectivity index (χ0) is 11.4. The Kier molecular flexibility index (Phi) is 3.41. The van der Waals surface area contributed by atoms with Crippen molar-refractivity contribution < 1.29 is 0 Å². The fourth-order valence-electron chi connectivity index (χ4n) is 1.63. The molecule has 0 atom stereocenters. The monoisotopic (exact) mass is 218 g/mol. The highest BCUT2D eigenvalue weighted by molar-refractivity contribution is 5.82. The van der Waals surface area contributed by atoms with E-state index < -0.39 is 0 Å². The minimum Gasteiger partial charge on any atom is -0.344 e. The van der Waals surface area contributed by atoms with E-state index in [0.717, 1.165) is 24.1 Å². The van der Waals surface area contributed by atoms with Crippen LogP contribution in [0, 0.1) is 5.92 Å². The largest absolute Gasteiger partial charge is 0.344 e. The predicted octanol–water partition coefficient (Wildman–Crippen LogP) is 1.48. The number of guanidine groups is 1. The molecular weight excluding hydrogens is 200 g/mol. The molecule has 0 radical (unpaired) electrons. The third-order valence-electron chi connectivity index (χ3n) is 2.71. The summed E-state index contributed by atoms with van der Waals surface area (Å²) in [4.78, 5) is 6.54. The number of nitrogens with zero attached hydrogens (tertiary/aromatic N) is 2. The van der Waals surface area contributed by atoms with Crippen molar-refractivity contribution in [3.8, 4) is 0 Å². The van der Waals surface area contributed by atoms with E-state index in [0.29, 0.717) is 0 Å². The number of nitrogens with one attached hydrogen (secondary N) is 1. The van der Waals surface area contributed by atoms with E-state index in [2.05, 4.69) is 15.3 Å². The third-order valence-corrected chi connectivity index (χ3v) is 2.71. The molecule has 16 heavy (non-hydrogen) atoms. The number of aliphatic imine (C=N–C) groups is 1. The van der Waals surface area contributed by atoms with Crippen LogP contribution in [0.15, 0.2) is 35.3 Å². The van der Waals surface area contributed by atoms with E-state index >= 15 is 0 Å². The highest BCUT2D eigenvalue weighted by Gasteiger charge is 2.23. The Morgan fingerprint density at radius 3 is 2.69 bits per heavy atom. The van der Waals surface area contributed by atoms with Gasteiger partial charge in [0.05, 0.1) is 5.69 Å². The molecule has 0 bridgehead atoms. The summed E-state index contributed by atoms with van der Waals surface area (Å²) in [5.74, 6) is 7.03. The van der Waals surface area contributed by atoms with E-state index in [9.17, 15) is 0 Å². The van der Waals surface area contributed by atoms with Crippen molar-refractivity contribution in [2.24, 2.45) is 16.8 Å². The standard InChI is InChI=1S/C12H18N4/c1-16(9-10-7-8-10)12(15-13)14-11-5-3-2-4-6-11/h2-6,10H,7-9,13H2,1H3,(H,14,15). The van der Waals surface area contributed by atoms with Crippen molar-refractivity contribution in [2.45, 2.75) is 12.8 Å². The summed E-state index contributed by atoms with van der Waals surface area (Å²) < 4.78 is 0. The van der Waals surface area contributed by atoms with Gasteiger partial charge in [-0.05, 0) is 30.9 Å². The van der Waals surface area contributed by atoms with Crippen molar-refractivity contribution in [1.82, 2.24) is 10.3 Å². The van der Waals surface area contributed by atoms with E-state index in [4.69, 9.17) is 5.84 Å². The van der Waals surface area contributed by atoms with Gasteiger partial charge >= 0.3 is 0 Å². The lowest BCUT2D eigenvalue weighted by Crippen LogP contribution is -2.43. The molecule has 4 heteroatoms. The SMILES string of the molecule is CN(CC1CC1)C(=Nc1ccccc1)NN. The van der Waals surface area contributed by atoms with Gasteiger partial charge in [0, 0.05) is 13.6 Å². The van der Waals surface area contributed by atoms with Gasteiger partial charge in [0.25, 0.3) is 0 Å². The normalized spacial score (nSPS) is 16.0. The van der Waals surface area contributed by atoms with Gasteiger partial charge in [0.1, 0.15) is 0 Å². The number of hydrogen-bond donors (Lipinski definition) is 2. The molecule has 0 spiro atoms. The zero-order valence-corrected chi connectivity index (χ0v) is 9.56. The Balaban J connectivity index is 2.05. The molecule has 1 fully saturated rings. The fourth-order valence-corrected chi connectivity index (χ4v) is 1.63. The van der Waals surface area contributed by atoms with Gasteiger partial charge in [-0.15, -0.1) is 0 Å². The Hall–Kier alpha value is -1.55. The van der Waals surface area contributed by atoms with Crippen LogP contribution in [0.2, 0.25) is 0 Å². The summed E-state index contributed by atoms with van der Waals surface area (Å²) in [6.07, 6.45) is 2.65. The molecular formula is C12H18N4. The van der Waals surface area contributed by atoms with Gasteiger partial charge in [-0.1, -0.05) is 18.2 Å². The highest BCUT2D eigenvalue weighted by Crippen LogP contribution is 2.29. The molecule has 2 rings (SSSR count). The lowest BCUT2D eigenvalue weighted by atomic mass is 10.3. The van der Waals surface area contributed by atoms with Gasteiger partial charge in [0.15, 0.2) is 0 Å². The van der Waals surface area contributed by atoms with Crippen LogP contribution in [0.4, 0.5) is 5.69 Å². The van der Waals surface area contributed by atoms with Crippen LogP contribution in [0.5, 0.6) is 0 Å². The molecule has 1 aromatic rings. The quantitative estimate of drug-likeness (QED) is 0.350. The van der Waals surface area contributed by atoms with Crippen LogP contribution in [-0.2, 0) is 0 Å². The lowest BCUT2D eigenvalue weighted by molar-refractivity contribution is 0.458. The van der Waals surface area contributed by atoms with Gasteiger partial charge in [-0.25, -0.2) is 10.8 Å². The Morgan fingerprint density at radius 2 is 2.12 bits per heavy atom. The molecule has 1 aromatic carbocycles. The third kappa shape index (κ3) is 2.97. The number of benzene rings is 1. The second kappa shape index (κ2) is 4.99. The molecule has 1 aliphatic carbocycles.